The molecular weight excluding hydrogens is 868 g/mol. The van der Waals surface area contributed by atoms with Crippen molar-refractivity contribution in [1.29, 1.82) is 0 Å². The van der Waals surface area contributed by atoms with E-state index in [0.717, 1.165) is 30.3 Å². The van der Waals surface area contributed by atoms with Gasteiger partial charge >= 0.3 is 18.5 Å². The summed E-state index contributed by atoms with van der Waals surface area (Å²) in [5.41, 5.74) is 2.21. The van der Waals surface area contributed by atoms with Crippen molar-refractivity contribution >= 4 is 28.1 Å². The largest absolute Gasteiger partial charge is 0.416 e. The normalized spacial score (nSPS) is 15.3. The minimum atomic E-state index is -4.66. The van der Waals surface area contributed by atoms with Crippen molar-refractivity contribution < 1.29 is 39.5 Å². The highest BCUT2D eigenvalue weighted by Crippen LogP contribution is 2.43. The number of hydrogen-bond acceptors (Lipinski definition) is 6. The van der Waals surface area contributed by atoms with Crippen LogP contribution in [0.3, 0.4) is 0 Å². The maximum Gasteiger partial charge on any atom is 0.416 e. The molecular formula is C51H31F9N6. The molecule has 66 heavy (non-hydrogen) atoms. The van der Waals surface area contributed by atoms with Crippen LogP contribution < -0.4 is 0 Å². The molecule has 10 rings (SSSR count). The molecule has 328 valence electrons. The Morgan fingerprint density at radius 1 is 0.424 bits per heavy atom. The monoisotopic (exact) mass is 898 g/mol. The number of hydrogen-bond donors (Lipinski definition) is 0. The van der Waals surface area contributed by atoms with E-state index in [-0.39, 0.29) is 57.7 Å². The predicted octanol–water partition coefficient (Wildman–Crippen LogP) is 14.2. The second-order valence-corrected chi connectivity index (χ2v) is 15.9. The van der Waals surface area contributed by atoms with Gasteiger partial charge in [-0.05, 0) is 79.9 Å². The molecule has 0 amide bonds. The van der Waals surface area contributed by atoms with Gasteiger partial charge in [0.15, 0.2) is 0 Å². The SMILES string of the molecule is FC(F)(F)C1=Cc2nc(-c3ccccc3)c(-c3cc(-c4nc5ccc(C(F)(F)F)cc5nc4-c4ccccc4)cc(-c4nc5ccc(C(F)(F)F)cc5nc4C4C=CC=CC4)c3)nc2CC1. The second kappa shape index (κ2) is 16.2. The number of allylic oxidation sites excluding steroid dienone is 5. The molecule has 0 saturated heterocycles. The lowest BCUT2D eigenvalue weighted by Crippen LogP contribution is -2.17. The Hall–Kier alpha value is -7.55. The van der Waals surface area contributed by atoms with E-state index in [9.17, 15) is 39.5 Å². The Balaban J connectivity index is 1.29. The third-order valence-electron chi connectivity index (χ3n) is 11.5. The van der Waals surface area contributed by atoms with Crippen molar-refractivity contribution in [3.8, 4) is 56.3 Å². The molecule has 0 fully saturated rings. The molecule has 1 unspecified atom stereocenters. The molecule has 3 heterocycles. The Labute approximate surface area is 370 Å². The zero-order valence-corrected chi connectivity index (χ0v) is 34.1. The summed E-state index contributed by atoms with van der Waals surface area (Å²) in [6.07, 6.45) is -5.35. The maximum atomic E-state index is 14.0. The highest BCUT2D eigenvalue weighted by atomic mass is 19.4. The number of rotatable bonds is 6. The summed E-state index contributed by atoms with van der Waals surface area (Å²) < 4.78 is 126. The van der Waals surface area contributed by atoms with Gasteiger partial charge in [-0.25, -0.2) is 29.9 Å². The van der Waals surface area contributed by atoms with Gasteiger partial charge in [0.25, 0.3) is 0 Å². The molecule has 0 aliphatic heterocycles. The van der Waals surface area contributed by atoms with Crippen molar-refractivity contribution in [2.75, 3.05) is 0 Å². The molecule has 5 aromatic carbocycles. The first kappa shape index (κ1) is 42.4. The summed E-state index contributed by atoms with van der Waals surface area (Å²) in [5.74, 6) is -0.426. The molecule has 0 spiro atoms. The summed E-state index contributed by atoms with van der Waals surface area (Å²) in [5, 5.41) is 0. The number of benzene rings is 5. The van der Waals surface area contributed by atoms with Crippen molar-refractivity contribution in [1.82, 2.24) is 29.9 Å². The molecule has 0 saturated carbocycles. The van der Waals surface area contributed by atoms with Gasteiger partial charge in [0, 0.05) is 39.3 Å². The number of aryl methyl sites for hydroxylation is 1. The number of nitrogens with zero attached hydrogens (tertiary/aromatic N) is 6. The number of fused-ring (bicyclic) bond motifs is 3. The number of halogens is 9. The Bertz CT molecular complexity index is 3300. The predicted molar refractivity (Wildman–Crippen MR) is 233 cm³/mol. The standard InChI is InChI=1S/C51H31F9N6/c52-49(53,54)34-16-19-37-40(25-34)64-43(28-10-4-1-5-11-28)46(61-37)31-22-32(47-44(29-12-6-2-7-13-29)65-41-26-35(50(55,56)57)17-20-38(41)62-47)24-33(23-31)48-45(30-14-8-3-9-15-30)66-42-27-36(51(58,59)60)18-21-39(42)63-48/h1-14,16,18-19,21-27,30H,15,17,20H2. The van der Waals surface area contributed by atoms with Gasteiger partial charge in [-0.1, -0.05) is 85.0 Å². The van der Waals surface area contributed by atoms with Crippen LogP contribution in [0.1, 0.15) is 47.0 Å². The van der Waals surface area contributed by atoms with Gasteiger partial charge in [-0.3, -0.25) is 0 Å². The van der Waals surface area contributed by atoms with Crippen LogP contribution in [-0.2, 0) is 18.8 Å². The Kier molecular flexibility index (Phi) is 10.4. The Morgan fingerprint density at radius 2 is 0.924 bits per heavy atom. The molecule has 0 radical (unpaired) electrons. The molecule has 2 aliphatic rings. The molecule has 8 aromatic rings. The highest BCUT2D eigenvalue weighted by Gasteiger charge is 2.36. The van der Waals surface area contributed by atoms with Gasteiger partial charge < -0.3 is 0 Å². The van der Waals surface area contributed by atoms with Gasteiger partial charge in [0.2, 0.25) is 0 Å². The zero-order valence-electron chi connectivity index (χ0n) is 34.1. The minimum absolute atomic E-state index is 0.0138. The molecule has 2 aliphatic carbocycles. The Morgan fingerprint density at radius 3 is 1.47 bits per heavy atom. The highest BCUT2D eigenvalue weighted by molar-refractivity contribution is 5.92. The smallest absolute Gasteiger partial charge is 0.248 e. The lowest BCUT2D eigenvalue weighted by molar-refractivity contribution is -0.138. The van der Waals surface area contributed by atoms with E-state index >= 15 is 0 Å². The fourth-order valence-electron chi connectivity index (χ4n) is 8.26. The van der Waals surface area contributed by atoms with Crippen molar-refractivity contribution in [3.05, 3.63) is 173 Å². The minimum Gasteiger partial charge on any atom is -0.248 e. The lowest BCUT2D eigenvalue weighted by Gasteiger charge is -2.21. The molecule has 15 heteroatoms. The first-order valence-electron chi connectivity index (χ1n) is 20.6. The van der Waals surface area contributed by atoms with Gasteiger partial charge in [-0.15, -0.1) is 0 Å². The average molecular weight is 899 g/mol. The number of aromatic nitrogens is 6. The topological polar surface area (TPSA) is 77.3 Å². The summed E-state index contributed by atoms with van der Waals surface area (Å²) in [6, 6.07) is 29.1. The van der Waals surface area contributed by atoms with Crippen LogP contribution in [-0.4, -0.2) is 36.1 Å². The van der Waals surface area contributed by atoms with E-state index in [1.807, 2.05) is 24.3 Å². The lowest BCUT2D eigenvalue weighted by atomic mass is 9.90. The van der Waals surface area contributed by atoms with E-state index in [0.29, 0.717) is 57.0 Å². The van der Waals surface area contributed by atoms with E-state index in [1.54, 1.807) is 78.9 Å². The van der Waals surface area contributed by atoms with Gasteiger partial charge in [-0.2, -0.15) is 39.5 Å². The van der Waals surface area contributed by atoms with Crippen LogP contribution >= 0.6 is 0 Å². The van der Waals surface area contributed by atoms with Gasteiger partial charge in [0.1, 0.15) is 0 Å². The fourth-order valence-corrected chi connectivity index (χ4v) is 8.26. The molecule has 1 atom stereocenters. The quantitative estimate of drug-likeness (QED) is 0.155. The van der Waals surface area contributed by atoms with Crippen LogP contribution in [0.25, 0.3) is 84.4 Å². The second-order valence-electron chi connectivity index (χ2n) is 15.9. The molecule has 6 nitrogen and oxygen atoms in total. The third kappa shape index (κ3) is 8.20. The van der Waals surface area contributed by atoms with E-state index in [4.69, 9.17) is 29.9 Å². The summed E-state index contributed by atoms with van der Waals surface area (Å²) in [7, 11) is 0. The van der Waals surface area contributed by atoms with Crippen LogP contribution in [0.4, 0.5) is 39.5 Å². The molecule has 0 N–H and O–H groups in total. The van der Waals surface area contributed by atoms with Crippen molar-refractivity contribution in [2.24, 2.45) is 0 Å². The first-order valence-corrected chi connectivity index (χ1v) is 20.6. The van der Waals surface area contributed by atoms with Crippen molar-refractivity contribution in [2.45, 2.75) is 43.7 Å². The maximum absolute atomic E-state index is 14.0. The number of alkyl halides is 9. The average Bonchev–Trinajstić information content (AvgIpc) is 3.32. The first-order chi connectivity index (χ1) is 31.6. The van der Waals surface area contributed by atoms with Crippen LogP contribution in [0.5, 0.6) is 0 Å². The van der Waals surface area contributed by atoms with E-state index < -0.39 is 41.1 Å². The van der Waals surface area contributed by atoms with Crippen molar-refractivity contribution in [3.63, 3.8) is 0 Å². The zero-order chi connectivity index (χ0) is 46.0. The van der Waals surface area contributed by atoms with Crippen LogP contribution in [0, 0.1) is 0 Å². The summed E-state index contributed by atoms with van der Waals surface area (Å²) in [4.78, 5) is 29.4. The van der Waals surface area contributed by atoms with Crippen LogP contribution in [0.2, 0.25) is 0 Å². The molecule has 0 bridgehead atoms. The fraction of sp³-hybridized carbons (Fsp3) is 0.137. The molecule has 3 aromatic heterocycles. The summed E-state index contributed by atoms with van der Waals surface area (Å²) >= 11 is 0. The van der Waals surface area contributed by atoms with Gasteiger partial charge in [0.05, 0.1) is 78.7 Å². The van der Waals surface area contributed by atoms with E-state index in [1.165, 1.54) is 12.1 Å². The van der Waals surface area contributed by atoms with E-state index in [2.05, 4.69) is 0 Å². The van der Waals surface area contributed by atoms with Crippen LogP contribution in [0.15, 0.2) is 145 Å². The third-order valence-corrected chi connectivity index (χ3v) is 11.5. The summed E-state index contributed by atoms with van der Waals surface area (Å²) in [6.45, 7) is 0.